The van der Waals surface area contributed by atoms with Crippen LogP contribution in [0.3, 0.4) is 0 Å². The summed E-state index contributed by atoms with van der Waals surface area (Å²) in [4.78, 5) is 19.3. The van der Waals surface area contributed by atoms with E-state index < -0.39 is 0 Å². The summed E-state index contributed by atoms with van der Waals surface area (Å²) in [6, 6.07) is 14.6. The Bertz CT molecular complexity index is 903. The first-order valence-electron chi connectivity index (χ1n) is 6.19. The standard InChI is InChI=1S/C16H11N3O/c1-10-6-7-11(9-17)8-13(10)15-18-14-5-3-2-4-12(14)16(20)19-15/h2-8H,1H3,(H,18,19,20). The molecule has 0 radical (unpaired) electrons. The summed E-state index contributed by atoms with van der Waals surface area (Å²) < 4.78 is 0. The van der Waals surface area contributed by atoms with Crippen molar-refractivity contribution in [1.29, 1.82) is 5.26 Å². The summed E-state index contributed by atoms with van der Waals surface area (Å²) in [5.74, 6) is 0.489. The van der Waals surface area contributed by atoms with Gasteiger partial charge in [0.1, 0.15) is 5.82 Å². The lowest BCUT2D eigenvalue weighted by molar-refractivity contribution is 1.17. The molecule has 0 bridgehead atoms. The van der Waals surface area contributed by atoms with Gasteiger partial charge in [-0.15, -0.1) is 0 Å². The van der Waals surface area contributed by atoms with Gasteiger partial charge in [-0.25, -0.2) is 4.98 Å². The molecule has 3 rings (SSSR count). The average Bonchev–Trinajstić information content (AvgIpc) is 2.48. The van der Waals surface area contributed by atoms with Crippen LogP contribution in [-0.4, -0.2) is 9.97 Å². The van der Waals surface area contributed by atoms with E-state index in [1.165, 1.54) is 0 Å². The molecule has 1 N–H and O–H groups in total. The van der Waals surface area contributed by atoms with E-state index in [-0.39, 0.29) is 5.56 Å². The normalized spacial score (nSPS) is 10.4. The van der Waals surface area contributed by atoms with Crippen molar-refractivity contribution in [3.05, 3.63) is 63.9 Å². The summed E-state index contributed by atoms with van der Waals surface area (Å²) in [5, 5.41) is 9.54. The second kappa shape index (κ2) is 4.63. The van der Waals surface area contributed by atoms with Gasteiger partial charge in [0.25, 0.3) is 5.56 Å². The lowest BCUT2D eigenvalue weighted by Gasteiger charge is -2.06. The maximum Gasteiger partial charge on any atom is 0.259 e. The molecular formula is C16H11N3O. The molecule has 4 heteroatoms. The molecule has 0 aliphatic carbocycles. The number of H-pyrrole nitrogens is 1. The molecule has 2 aromatic carbocycles. The van der Waals surface area contributed by atoms with Gasteiger partial charge in [-0.3, -0.25) is 4.79 Å². The van der Waals surface area contributed by atoms with Crippen LogP contribution in [0.1, 0.15) is 11.1 Å². The fraction of sp³-hybridized carbons (Fsp3) is 0.0625. The SMILES string of the molecule is Cc1ccc(C#N)cc1-c1nc2ccccc2c(=O)[nH]1. The lowest BCUT2D eigenvalue weighted by atomic mass is 10.0. The maximum absolute atomic E-state index is 12.1. The van der Waals surface area contributed by atoms with E-state index in [1.807, 2.05) is 19.1 Å². The molecule has 4 nitrogen and oxygen atoms in total. The number of rotatable bonds is 1. The van der Waals surface area contributed by atoms with Crippen molar-refractivity contribution in [2.75, 3.05) is 0 Å². The number of aromatic amines is 1. The number of nitriles is 1. The summed E-state index contributed by atoms with van der Waals surface area (Å²) in [6.07, 6.45) is 0. The highest BCUT2D eigenvalue weighted by atomic mass is 16.1. The molecule has 0 spiro atoms. The average molecular weight is 261 g/mol. The van der Waals surface area contributed by atoms with Gasteiger partial charge in [0.05, 0.1) is 22.5 Å². The van der Waals surface area contributed by atoms with Crippen LogP contribution in [0.2, 0.25) is 0 Å². The van der Waals surface area contributed by atoms with Crippen molar-refractivity contribution in [2.45, 2.75) is 6.92 Å². The van der Waals surface area contributed by atoms with Crippen LogP contribution in [0.25, 0.3) is 22.3 Å². The number of hydrogen-bond acceptors (Lipinski definition) is 3. The van der Waals surface area contributed by atoms with E-state index >= 15 is 0 Å². The number of nitrogens with one attached hydrogen (secondary N) is 1. The molecular weight excluding hydrogens is 250 g/mol. The zero-order chi connectivity index (χ0) is 14.1. The van der Waals surface area contributed by atoms with Crippen LogP contribution in [0.15, 0.2) is 47.3 Å². The van der Waals surface area contributed by atoms with Gasteiger partial charge >= 0.3 is 0 Å². The molecule has 3 aromatic rings. The first-order valence-corrected chi connectivity index (χ1v) is 6.19. The zero-order valence-electron chi connectivity index (χ0n) is 10.8. The third kappa shape index (κ3) is 1.95. The van der Waals surface area contributed by atoms with Crippen molar-refractivity contribution in [2.24, 2.45) is 0 Å². The van der Waals surface area contributed by atoms with Gasteiger partial charge in [-0.05, 0) is 36.8 Å². The molecule has 0 saturated carbocycles. The quantitative estimate of drug-likeness (QED) is 0.732. The zero-order valence-corrected chi connectivity index (χ0v) is 10.8. The predicted molar refractivity (Wildman–Crippen MR) is 77.3 cm³/mol. The summed E-state index contributed by atoms with van der Waals surface area (Å²) in [6.45, 7) is 1.92. The maximum atomic E-state index is 12.1. The van der Waals surface area contributed by atoms with Crippen molar-refractivity contribution >= 4 is 10.9 Å². The molecule has 0 fully saturated rings. The fourth-order valence-corrected chi connectivity index (χ4v) is 2.16. The number of hydrogen-bond donors (Lipinski definition) is 1. The minimum Gasteiger partial charge on any atom is -0.306 e. The molecule has 0 saturated heterocycles. The third-order valence-electron chi connectivity index (χ3n) is 3.23. The molecule has 0 atom stereocenters. The minimum atomic E-state index is -0.174. The Morgan fingerprint density at radius 1 is 1.20 bits per heavy atom. The Morgan fingerprint density at radius 3 is 2.80 bits per heavy atom. The van der Waals surface area contributed by atoms with Crippen LogP contribution >= 0.6 is 0 Å². The van der Waals surface area contributed by atoms with E-state index in [0.717, 1.165) is 11.1 Å². The second-order valence-electron chi connectivity index (χ2n) is 4.57. The van der Waals surface area contributed by atoms with Crippen molar-refractivity contribution in [1.82, 2.24) is 9.97 Å². The lowest BCUT2D eigenvalue weighted by Crippen LogP contribution is -2.09. The van der Waals surface area contributed by atoms with Crippen LogP contribution in [0.4, 0.5) is 0 Å². The Balaban J connectivity index is 2.31. The molecule has 0 aliphatic rings. The third-order valence-corrected chi connectivity index (χ3v) is 3.23. The first-order chi connectivity index (χ1) is 9.69. The molecule has 1 heterocycles. The van der Waals surface area contributed by atoms with Gasteiger partial charge in [-0.2, -0.15) is 5.26 Å². The van der Waals surface area contributed by atoms with E-state index in [0.29, 0.717) is 22.3 Å². The highest BCUT2D eigenvalue weighted by Gasteiger charge is 2.08. The molecule has 0 aliphatic heterocycles. The molecule has 96 valence electrons. The Labute approximate surface area is 115 Å². The summed E-state index contributed by atoms with van der Waals surface area (Å²) in [5.41, 5.74) is 2.75. The van der Waals surface area contributed by atoms with Crippen molar-refractivity contribution in [3.63, 3.8) is 0 Å². The van der Waals surface area contributed by atoms with Gasteiger partial charge in [0, 0.05) is 5.56 Å². The van der Waals surface area contributed by atoms with E-state index in [2.05, 4.69) is 16.0 Å². The molecule has 1 aromatic heterocycles. The number of para-hydroxylation sites is 1. The van der Waals surface area contributed by atoms with Crippen LogP contribution in [-0.2, 0) is 0 Å². The highest BCUT2D eigenvalue weighted by Crippen LogP contribution is 2.21. The van der Waals surface area contributed by atoms with E-state index in [4.69, 9.17) is 5.26 Å². The number of aryl methyl sites for hydroxylation is 1. The highest BCUT2D eigenvalue weighted by molar-refractivity contribution is 5.79. The minimum absolute atomic E-state index is 0.174. The topological polar surface area (TPSA) is 69.5 Å². The predicted octanol–water partition coefficient (Wildman–Crippen LogP) is 2.77. The molecule has 0 amide bonds. The number of benzene rings is 2. The molecule has 20 heavy (non-hydrogen) atoms. The van der Waals surface area contributed by atoms with Gasteiger partial charge in [0.2, 0.25) is 0 Å². The van der Waals surface area contributed by atoms with Gasteiger partial charge < -0.3 is 4.98 Å². The smallest absolute Gasteiger partial charge is 0.259 e. The number of fused-ring (bicyclic) bond motifs is 1. The first kappa shape index (κ1) is 12.1. The van der Waals surface area contributed by atoms with Crippen molar-refractivity contribution in [3.8, 4) is 17.5 Å². The van der Waals surface area contributed by atoms with Crippen molar-refractivity contribution < 1.29 is 0 Å². The number of aromatic nitrogens is 2. The Morgan fingerprint density at radius 2 is 2.00 bits per heavy atom. The van der Waals surface area contributed by atoms with Crippen LogP contribution < -0.4 is 5.56 Å². The largest absolute Gasteiger partial charge is 0.306 e. The molecule has 0 unspecified atom stereocenters. The second-order valence-corrected chi connectivity index (χ2v) is 4.57. The Hall–Kier alpha value is -2.93. The summed E-state index contributed by atoms with van der Waals surface area (Å²) in [7, 11) is 0. The van der Waals surface area contributed by atoms with Crippen LogP contribution in [0, 0.1) is 18.3 Å². The van der Waals surface area contributed by atoms with Gasteiger partial charge in [0.15, 0.2) is 0 Å². The number of nitrogens with zero attached hydrogens (tertiary/aromatic N) is 2. The summed E-state index contributed by atoms with van der Waals surface area (Å²) >= 11 is 0. The van der Waals surface area contributed by atoms with E-state index in [1.54, 1.807) is 30.3 Å². The fourth-order valence-electron chi connectivity index (χ4n) is 2.16. The Kier molecular flexibility index (Phi) is 2.81. The van der Waals surface area contributed by atoms with Gasteiger partial charge in [-0.1, -0.05) is 18.2 Å². The monoisotopic (exact) mass is 261 g/mol. The van der Waals surface area contributed by atoms with Crippen LogP contribution in [0.5, 0.6) is 0 Å². The van der Waals surface area contributed by atoms with E-state index in [9.17, 15) is 4.79 Å².